The number of halogens is 2. The summed E-state index contributed by atoms with van der Waals surface area (Å²) < 4.78 is 4.16. The molecule has 10 heteroatoms. The van der Waals surface area contributed by atoms with E-state index in [2.05, 4.69) is 29.2 Å². The maximum atomic E-state index is 8.48. The average Bonchev–Trinajstić information content (AvgIpc) is 2.70. The molecule has 8 nitrogen and oxygen atoms in total. The van der Waals surface area contributed by atoms with Crippen LogP contribution in [0.25, 0.3) is 20.9 Å². The predicted octanol–water partition coefficient (Wildman–Crippen LogP) is -0.0258. The highest BCUT2D eigenvalue weighted by Crippen LogP contribution is 2.10. The van der Waals surface area contributed by atoms with Gasteiger partial charge in [0.25, 0.3) is 0 Å². The minimum atomic E-state index is 0. The van der Waals surface area contributed by atoms with Crippen molar-refractivity contribution in [3.8, 4) is 0 Å². The van der Waals surface area contributed by atoms with Gasteiger partial charge in [-0.25, -0.2) is 9.13 Å². The van der Waals surface area contributed by atoms with Crippen molar-refractivity contribution in [3.63, 3.8) is 0 Å². The zero-order valence-corrected chi connectivity index (χ0v) is 21.3. The maximum Gasteiger partial charge on any atom is 0.178 e. The van der Waals surface area contributed by atoms with Crippen LogP contribution < -0.4 is 57.1 Å². The lowest BCUT2D eigenvalue weighted by molar-refractivity contribution is -0.697. The lowest BCUT2D eigenvalue weighted by Gasteiger charge is -2.02. The third-order valence-corrected chi connectivity index (χ3v) is 4.59. The number of pyridine rings is 2. The summed E-state index contributed by atoms with van der Waals surface area (Å²) in [5.41, 5.74) is 18.3. The van der Waals surface area contributed by atoms with Gasteiger partial charge in [0.2, 0.25) is 0 Å². The van der Waals surface area contributed by atoms with Gasteiger partial charge in [0.15, 0.2) is 24.8 Å². The lowest BCUT2D eigenvalue weighted by Crippen LogP contribution is -3.00. The van der Waals surface area contributed by atoms with E-state index in [1.165, 1.54) is 38.5 Å². The van der Waals surface area contributed by atoms with Crippen LogP contribution in [0.1, 0.15) is 51.4 Å². The van der Waals surface area contributed by atoms with Crippen LogP contribution in [0.15, 0.2) is 59.3 Å². The van der Waals surface area contributed by atoms with Crippen LogP contribution in [0.3, 0.4) is 0 Å². The van der Waals surface area contributed by atoms with Crippen molar-refractivity contribution < 1.29 is 57.1 Å². The number of nitrogens with zero attached hydrogens (tertiary/aromatic N) is 8. The number of hydrogen-bond acceptors (Lipinski definition) is 2. The molecule has 2 aromatic heterocycles. The monoisotopic (exact) mass is 634 g/mol. The number of rotatable bonds is 13. The van der Waals surface area contributed by atoms with Crippen LogP contribution in [0.2, 0.25) is 0 Å². The van der Waals surface area contributed by atoms with Crippen molar-refractivity contribution in [1.82, 2.24) is 0 Å². The van der Waals surface area contributed by atoms with Gasteiger partial charge in [-0.1, -0.05) is 35.9 Å². The van der Waals surface area contributed by atoms with Gasteiger partial charge in [-0.05, 0) is 36.0 Å². The third-order valence-electron chi connectivity index (χ3n) is 4.59. The Bertz CT molecular complexity index is 764. The fraction of sp³-hybridized carbons (Fsp3) is 0.500. The lowest BCUT2D eigenvalue weighted by atomic mass is 10.1. The molecule has 0 bridgehead atoms. The molecule has 0 amide bonds. The summed E-state index contributed by atoms with van der Waals surface area (Å²) in [6, 6.07) is 7.45. The molecule has 0 aromatic carbocycles. The summed E-state index contributed by atoms with van der Waals surface area (Å²) in [5, 5.41) is 7.26. The Morgan fingerprint density at radius 2 is 1.00 bits per heavy atom. The summed E-state index contributed by atoms with van der Waals surface area (Å²) in [7, 11) is 0. The van der Waals surface area contributed by atoms with E-state index in [0.717, 1.165) is 25.9 Å². The first-order valence-corrected chi connectivity index (χ1v) is 9.90. The van der Waals surface area contributed by atoms with E-state index in [9.17, 15) is 0 Å². The number of azide groups is 2. The standard InChI is InChI=1S/C20H28N8.2HI/c21-25-23-19-11-9-15-27(17-19)13-7-5-3-1-2-4-6-8-14-28-16-10-12-20(18-28)24-26-22;;/h9-12,15-18H,1-8,13-14H2;2*1H/q+2;;/p-2. The average molecular weight is 634 g/mol. The largest absolute Gasteiger partial charge is 1.00 e. The second-order valence-corrected chi connectivity index (χ2v) is 6.81. The molecular weight excluding hydrogens is 606 g/mol. The first kappa shape index (κ1) is 28.4. The van der Waals surface area contributed by atoms with E-state index in [0.29, 0.717) is 11.4 Å². The Labute approximate surface area is 212 Å². The third kappa shape index (κ3) is 12.2. The van der Waals surface area contributed by atoms with E-state index in [1.54, 1.807) is 0 Å². The number of unbranched alkanes of at least 4 members (excludes halogenated alkanes) is 7. The molecular formula is C20H28I2N8. The van der Waals surface area contributed by atoms with Crippen LogP contribution in [0, 0.1) is 0 Å². The Hall–Kier alpha value is -1.62. The van der Waals surface area contributed by atoms with Crippen molar-refractivity contribution in [2.75, 3.05) is 0 Å². The van der Waals surface area contributed by atoms with E-state index < -0.39 is 0 Å². The van der Waals surface area contributed by atoms with E-state index >= 15 is 0 Å². The first-order chi connectivity index (χ1) is 13.8. The molecule has 0 saturated carbocycles. The topological polar surface area (TPSA) is 105 Å². The molecule has 0 spiro atoms. The molecule has 0 N–H and O–H groups in total. The fourth-order valence-corrected chi connectivity index (χ4v) is 3.17. The highest BCUT2D eigenvalue weighted by Gasteiger charge is 2.03. The number of aromatic nitrogens is 2. The predicted molar refractivity (Wildman–Crippen MR) is 108 cm³/mol. The molecule has 0 radical (unpaired) electrons. The van der Waals surface area contributed by atoms with Crippen molar-refractivity contribution in [1.29, 1.82) is 0 Å². The van der Waals surface area contributed by atoms with Gasteiger partial charge < -0.3 is 48.0 Å². The minimum absolute atomic E-state index is 0. The van der Waals surface area contributed by atoms with Crippen molar-refractivity contribution in [2.45, 2.75) is 64.5 Å². The molecule has 0 saturated heterocycles. The Kier molecular flexibility index (Phi) is 17.2. The van der Waals surface area contributed by atoms with E-state index in [-0.39, 0.29) is 48.0 Å². The molecule has 0 aliphatic carbocycles. The van der Waals surface area contributed by atoms with E-state index in [1.807, 2.05) is 49.1 Å². The molecule has 0 aliphatic heterocycles. The first-order valence-electron chi connectivity index (χ1n) is 9.90. The van der Waals surface area contributed by atoms with Crippen LogP contribution in [0.4, 0.5) is 11.4 Å². The summed E-state index contributed by atoms with van der Waals surface area (Å²) in [6.45, 7) is 1.92. The Balaban J connectivity index is 0.00000420. The van der Waals surface area contributed by atoms with Crippen molar-refractivity contribution in [3.05, 3.63) is 69.9 Å². The SMILES string of the molecule is [I-].[I-].[N-]=[N+]=Nc1ccc[n+](CCCCCCCCCC[n+]2cccc(N=[N+]=[N-])c2)c1. The molecule has 2 aromatic rings. The second-order valence-electron chi connectivity index (χ2n) is 6.81. The molecule has 2 rings (SSSR count). The molecule has 0 unspecified atom stereocenters. The minimum Gasteiger partial charge on any atom is -1.00 e. The van der Waals surface area contributed by atoms with E-state index in [4.69, 9.17) is 11.1 Å². The molecule has 0 fully saturated rings. The molecule has 2 heterocycles. The van der Waals surface area contributed by atoms with Gasteiger partial charge in [0.05, 0.1) is 0 Å². The highest BCUT2D eigenvalue weighted by molar-refractivity contribution is 5.30. The Morgan fingerprint density at radius 1 is 0.633 bits per heavy atom. The van der Waals surface area contributed by atoms with Gasteiger partial charge in [-0.2, -0.15) is 0 Å². The van der Waals surface area contributed by atoms with Crippen LogP contribution >= 0.6 is 0 Å². The number of hydrogen-bond donors (Lipinski definition) is 0. The summed E-state index contributed by atoms with van der Waals surface area (Å²) in [5.74, 6) is 0. The molecule has 30 heavy (non-hydrogen) atoms. The van der Waals surface area contributed by atoms with Gasteiger partial charge >= 0.3 is 0 Å². The molecule has 0 atom stereocenters. The molecule has 0 aliphatic rings. The maximum absolute atomic E-state index is 8.48. The highest BCUT2D eigenvalue weighted by atomic mass is 127. The summed E-state index contributed by atoms with van der Waals surface area (Å²) in [6.07, 6.45) is 17.6. The normalized spacial score (nSPS) is 9.47. The van der Waals surface area contributed by atoms with Gasteiger partial charge in [-0.3, -0.25) is 0 Å². The Morgan fingerprint density at radius 3 is 1.37 bits per heavy atom. The summed E-state index contributed by atoms with van der Waals surface area (Å²) in [4.78, 5) is 5.64. The van der Waals surface area contributed by atoms with Gasteiger partial charge in [0, 0.05) is 34.8 Å². The van der Waals surface area contributed by atoms with Crippen LogP contribution in [-0.4, -0.2) is 0 Å². The van der Waals surface area contributed by atoms with Crippen LogP contribution in [0.5, 0.6) is 0 Å². The molecule has 162 valence electrons. The smallest absolute Gasteiger partial charge is 0.178 e. The van der Waals surface area contributed by atoms with Gasteiger partial charge in [0.1, 0.15) is 24.5 Å². The second kappa shape index (κ2) is 18.2. The zero-order chi connectivity index (χ0) is 19.9. The fourth-order valence-electron chi connectivity index (χ4n) is 3.17. The zero-order valence-electron chi connectivity index (χ0n) is 17.0. The summed E-state index contributed by atoms with van der Waals surface area (Å²) >= 11 is 0. The number of aryl methyl sites for hydroxylation is 2. The quantitative estimate of drug-likeness (QED) is 0.0739. The van der Waals surface area contributed by atoms with Crippen molar-refractivity contribution in [2.24, 2.45) is 10.2 Å². The van der Waals surface area contributed by atoms with Gasteiger partial charge in [-0.15, -0.1) is 0 Å². The van der Waals surface area contributed by atoms with Crippen molar-refractivity contribution >= 4 is 11.4 Å². The van der Waals surface area contributed by atoms with Crippen LogP contribution in [-0.2, 0) is 13.1 Å².